The molecular formula is C27H32Cl2FN5. The molecule has 3 aromatic rings. The molecule has 0 aliphatic carbocycles. The monoisotopic (exact) mass is 515 g/mol. The first kappa shape index (κ1) is 26.9. The summed E-state index contributed by atoms with van der Waals surface area (Å²) in [5.41, 5.74) is 9.57. The summed E-state index contributed by atoms with van der Waals surface area (Å²) in [5.74, 6) is -0.159. The summed E-state index contributed by atoms with van der Waals surface area (Å²) in [6, 6.07) is 5.25. The molecule has 1 aliphatic heterocycles. The van der Waals surface area contributed by atoms with Crippen LogP contribution in [0.25, 0.3) is 11.1 Å². The third kappa shape index (κ3) is 6.72. The standard InChI is InChI=1S/C23H26Cl2FN5.C4H6/c1-14(21-19(24)3-4-20(26)22(21)25)9-15-10-16(11-28-23(15)27)17-12-29-31(13-17)18-5-7-30(2)8-6-18;1-3-4-2/h3-4,10-14,18H,5-9H2,1-2H3,(H2,27,28);3-4H,1-2H2. The van der Waals surface area contributed by atoms with Gasteiger partial charge in [0.05, 0.1) is 17.3 Å². The van der Waals surface area contributed by atoms with Crippen LogP contribution < -0.4 is 5.73 Å². The van der Waals surface area contributed by atoms with Gasteiger partial charge in [0.25, 0.3) is 0 Å². The number of rotatable bonds is 6. The Labute approximate surface area is 217 Å². The number of piperidine rings is 1. The van der Waals surface area contributed by atoms with E-state index in [1.807, 2.05) is 19.2 Å². The number of pyridine rings is 1. The van der Waals surface area contributed by atoms with E-state index in [1.165, 1.54) is 12.1 Å². The zero-order chi connectivity index (χ0) is 25.5. The number of hydrogen-bond acceptors (Lipinski definition) is 4. The molecule has 0 radical (unpaired) electrons. The fourth-order valence-electron chi connectivity index (χ4n) is 4.21. The predicted molar refractivity (Wildman–Crippen MR) is 145 cm³/mol. The van der Waals surface area contributed by atoms with Crippen molar-refractivity contribution in [1.82, 2.24) is 19.7 Å². The number of halogens is 3. The summed E-state index contributed by atoms with van der Waals surface area (Å²) in [6.45, 7) is 10.8. The first-order chi connectivity index (χ1) is 16.7. The van der Waals surface area contributed by atoms with Gasteiger partial charge < -0.3 is 10.6 Å². The van der Waals surface area contributed by atoms with Crippen LogP contribution in [0.5, 0.6) is 0 Å². The number of anilines is 1. The molecule has 8 heteroatoms. The predicted octanol–water partition coefficient (Wildman–Crippen LogP) is 6.94. The van der Waals surface area contributed by atoms with Crippen LogP contribution in [-0.4, -0.2) is 39.8 Å². The topological polar surface area (TPSA) is 60.0 Å². The van der Waals surface area contributed by atoms with Crippen LogP contribution in [0.4, 0.5) is 10.2 Å². The molecule has 3 heterocycles. The van der Waals surface area contributed by atoms with E-state index in [0.717, 1.165) is 42.6 Å². The second-order valence-corrected chi connectivity index (χ2v) is 9.63. The zero-order valence-corrected chi connectivity index (χ0v) is 21.7. The molecule has 186 valence electrons. The molecular weight excluding hydrogens is 484 g/mol. The van der Waals surface area contributed by atoms with E-state index in [2.05, 4.69) is 46.1 Å². The van der Waals surface area contributed by atoms with Gasteiger partial charge in [-0.25, -0.2) is 9.37 Å². The van der Waals surface area contributed by atoms with Crippen molar-refractivity contribution >= 4 is 29.0 Å². The van der Waals surface area contributed by atoms with Crippen molar-refractivity contribution in [2.24, 2.45) is 0 Å². The van der Waals surface area contributed by atoms with E-state index >= 15 is 0 Å². The van der Waals surface area contributed by atoms with E-state index in [9.17, 15) is 4.39 Å². The fraction of sp³-hybridized carbons (Fsp3) is 0.333. The Kier molecular flexibility index (Phi) is 9.49. The largest absolute Gasteiger partial charge is 0.383 e. The van der Waals surface area contributed by atoms with Crippen molar-refractivity contribution in [3.8, 4) is 11.1 Å². The molecule has 0 saturated carbocycles. The second-order valence-electron chi connectivity index (χ2n) is 8.85. The van der Waals surface area contributed by atoms with Gasteiger partial charge >= 0.3 is 0 Å². The second kappa shape index (κ2) is 12.3. The summed E-state index contributed by atoms with van der Waals surface area (Å²) in [7, 11) is 2.15. The smallest absolute Gasteiger partial charge is 0.142 e. The molecule has 2 aromatic heterocycles. The number of likely N-dealkylation sites (tertiary alicyclic amines) is 1. The minimum atomic E-state index is -0.478. The maximum atomic E-state index is 14.0. The van der Waals surface area contributed by atoms with Gasteiger partial charge in [-0.05, 0) is 74.6 Å². The van der Waals surface area contributed by atoms with E-state index in [1.54, 1.807) is 18.3 Å². The highest BCUT2D eigenvalue weighted by molar-refractivity contribution is 6.36. The maximum Gasteiger partial charge on any atom is 0.142 e. The van der Waals surface area contributed by atoms with Crippen LogP contribution >= 0.6 is 23.2 Å². The molecule has 35 heavy (non-hydrogen) atoms. The quantitative estimate of drug-likeness (QED) is 0.285. The molecule has 0 bridgehead atoms. The molecule has 0 spiro atoms. The van der Waals surface area contributed by atoms with Gasteiger partial charge in [-0.15, -0.1) is 0 Å². The molecule has 1 aromatic carbocycles. The molecule has 0 amide bonds. The zero-order valence-electron chi connectivity index (χ0n) is 20.2. The van der Waals surface area contributed by atoms with Crippen molar-refractivity contribution in [1.29, 1.82) is 0 Å². The normalized spacial score (nSPS) is 15.2. The summed E-state index contributed by atoms with van der Waals surface area (Å²) in [6.07, 6.45) is 11.7. The molecule has 1 aliphatic rings. The lowest BCUT2D eigenvalue weighted by Gasteiger charge is -2.28. The summed E-state index contributed by atoms with van der Waals surface area (Å²) < 4.78 is 16.0. The minimum absolute atomic E-state index is 0.0575. The Bertz CT molecular complexity index is 1160. The van der Waals surface area contributed by atoms with Gasteiger partial charge in [-0.3, -0.25) is 4.68 Å². The Balaban J connectivity index is 0.000000795. The first-order valence-electron chi connectivity index (χ1n) is 11.6. The van der Waals surface area contributed by atoms with Gasteiger partial charge in [0.2, 0.25) is 0 Å². The molecule has 1 unspecified atom stereocenters. The van der Waals surface area contributed by atoms with Crippen molar-refractivity contribution in [3.63, 3.8) is 0 Å². The van der Waals surface area contributed by atoms with Crippen LogP contribution in [-0.2, 0) is 6.42 Å². The van der Waals surface area contributed by atoms with Gasteiger partial charge in [0.1, 0.15) is 11.6 Å². The van der Waals surface area contributed by atoms with E-state index in [4.69, 9.17) is 28.9 Å². The van der Waals surface area contributed by atoms with Crippen LogP contribution in [0.1, 0.15) is 42.9 Å². The number of nitrogens with two attached hydrogens (primary N) is 1. The van der Waals surface area contributed by atoms with Crippen LogP contribution in [0.2, 0.25) is 10.0 Å². The first-order valence-corrected chi connectivity index (χ1v) is 12.3. The van der Waals surface area contributed by atoms with Crippen molar-refractivity contribution in [2.45, 2.75) is 38.1 Å². The lowest BCUT2D eigenvalue weighted by molar-refractivity contribution is 0.212. The SMILES string of the molecule is C=CC=C.CC(Cc1cc(-c2cnn(C3CCN(C)CC3)c2)cnc1N)c1c(Cl)ccc(F)c1Cl. The number of nitrogen functional groups attached to an aromatic ring is 1. The summed E-state index contributed by atoms with van der Waals surface area (Å²) >= 11 is 12.5. The van der Waals surface area contributed by atoms with E-state index in [-0.39, 0.29) is 10.9 Å². The van der Waals surface area contributed by atoms with Gasteiger partial charge in [-0.2, -0.15) is 5.10 Å². The van der Waals surface area contributed by atoms with E-state index in [0.29, 0.717) is 28.9 Å². The average Bonchev–Trinajstić information content (AvgIpc) is 3.34. The molecule has 4 rings (SSSR count). The van der Waals surface area contributed by atoms with Crippen LogP contribution in [0, 0.1) is 5.82 Å². The Morgan fingerprint density at radius 3 is 2.51 bits per heavy atom. The van der Waals surface area contributed by atoms with Gasteiger partial charge in [-0.1, -0.05) is 55.4 Å². The van der Waals surface area contributed by atoms with Gasteiger partial charge in [0.15, 0.2) is 0 Å². The highest BCUT2D eigenvalue weighted by atomic mass is 35.5. The van der Waals surface area contributed by atoms with Crippen molar-refractivity contribution in [2.75, 3.05) is 25.9 Å². The number of benzene rings is 1. The fourth-order valence-corrected chi connectivity index (χ4v) is 4.96. The summed E-state index contributed by atoms with van der Waals surface area (Å²) in [5, 5.41) is 5.10. The average molecular weight is 516 g/mol. The molecule has 5 nitrogen and oxygen atoms in total. The van der Waals surface area contributed by atoms with Gasteiger partial charge in [0, 0.05) is 28.5 Å². The lowest BCUT2D eigenvalue weighted by Crippen LogP contribution is -2.31. The summed E-state index contributed by atoms with van der Waals surface area (Å²) in [4.78, 5) is 6.73. The lowest BCUT2D eigenvalue weighted by atomic mass is 9.92. The molecule has 1 saturated heterocycles. The molecule has 2 N–H and O–H groups in total. The van der Waals surface area contributed by atoms with Crippen molar-refractivity contribution in [3.05, 3.63) is 89.1 Å². The molecule has 1 atom stereocenters. The van der Waals surface area contributed by atoms with Crippen LogP contribution in [0.15, 0.2) is 62.1 Å². The Morgan fingerprint density at radius 1 is 1.17 bits per heavy atom. The Morgan fingerprint density at radius 2 is 1.86 bits per heavy atom. The number of aromatic nitrogens is 3. The number of nitrogens with zero attached hydrogens (tertiary/aromatic N) is 4. The maximum absolute atomic E-state index is 14.0. The number of allylic oxidation sites excluding steroid dienone is 2. The minimum Gasteiger partial charge on any atom is -0.383 e. The number of hydrogen-bond donors (Lipinski definition) is 1. The molecule has 1 fully saturated rings. The third-order valence-corrected chi connectivity index (χ3v) is 6.98. The Hall–Kier alpha value is -2.67. The van der Waals surface area contributed by atoms with Crippen molar-refractivity contribution < 1.29 is 4.39 Å². The highest BCUT2D eigenvalue weighted by Gasteiger charge is 2.21. The van der Waals surface area contributed by atoms with Crippen LogP contribution in [0.3, 0.4) is 0 Å². The van der Waals surface area contributed by atoms with E-state index < -0.39 is 5.82 Å². The third-order valence-electron chi connectivity index (χ3n) is 6.26. The highest BCUT2D eigenvalue weighted by Crippen LogP contribution is 2.36.